The van der Waals surface area contributed by atoms with Crippen LogP contribution in [0.25, 0.3) is 32.8 Å². The first-order valence-electron chi connectivity index (χ1n) is 18.2. The van der Waals surface area contributed by atoms with Crippen molar-refractivity contribution in [1.82, 2.24) is 20.2 Å². The van der Waals surface area contributed by atoms with Crippen LogP contribution in [-0.2, 0) is 11.2 Å². The number of halogens is 5. The van der Waals surface area contributed by atoms with E-state index >= 15 is 8.78 Å². The number of morpholine rings is 1. The molecular formula is C38H40F5N5O3S. The molecular weight excluding hydrogens is 702 g/mol. The molecule has 52 heavy (non-hydrogen) atoms. The van der Waals surface area contributed by atoms with E-state index in [-0.39, 0.29) is 68.7 Å². The number of aromatic hydroxyl groups is 1. The van der Waals surface area contributed by atoms with Crippen LogP contribution in [0.15, 0.2) is 35.2 Å². The summed E-state index contributed by atoms with van der Waals surface area (Å²) in [5.74, 6) is -1.55. The van der Waals surface area contributed by atoms with Crippen molar-refractivity contribution in [2.75, 3.05) is 50.8 Å². The molecule has 0 radical (unpaired) electrons. The number of ether oxygens (including phenoxy) is 2. The van der Waals surface area contributed by atoms with Crippen LogP contribution >= 0.6 is 11.8 Å². The van der Waals surface area contributed by atoms with Crippen LogP contribution < -0.4 is 15.0 Å². The van der Waals surface area contributed by atoms with Crippen molar-refractivity contribution >= 4 is 39.3 Å². The number of phenols is 1. The number of alkyl halides is 3. The Morgan fingerprint density at radius 1 is 1.06 bits per heavy atom. The highest BCUT2D eigenvalue weighted by Gasteiger charge is 2.51. The zero-order chi connectivity index (χ0) is 36.0. The number of piperazine rings is 1. The van der Waals surface area contributed by atoms with Crippen LogP contribution in [0, 0.1) is 17.0 Å². The fourth-order valence-electron chi connectivity index (χ4n) is 8.66. The van der Waals surface area contributed by atoms with E-state index in [1.807, 2.05) is 4.90 Å². The van der Waals surface area contributed by atoms with E-state index < -0.39 is 39.4 Å². The molecule has 14 heteroatoms. The molecule has 8 nitrogen and oxygen atoms in total. The van der Waals surface area contributed by atoms with Gasteiger partial charge < -0.3 is 24.8 Å². The first kappa shape index (κ1) is 34.3. The maximum atomic E-state index is 17.4. The minimum Gasteiger partial charge on any atom is -0.508 e. The first-order chi connectivity index (χ1) is 24.9. The lowest BCUT2D eigenvalue weighted by Gasteiger charge is -2.35. The molecule has 3 aliphatic heterocycles. The quantitative estimate of drug-likeness (QED) is 0.133. The first-order valence-corrected chi connectivity index (χ1v) is 19.0. The number of fused-ring (bicyclic) bond motifs is 4. The molecule has 2 saturated carbocycles. The summed E-state index contributed by atoms with van der Waals surface area (Å²) in [6, 6.07) is 6.86. The van der Waals surface area contributed by atoms with Crippen molar-refractivity contribution in [3.05, 3.63) is 47.5 Å². The maximum absolute atomic E-state index is 17.4. The number of thioether (sulfide) groups is 1. The maximum Gasteiger partial charge on any atom is 0.446 e. The van der Waals surface area contributed by atoms with Crippen LogP contribution in [0.3, 0.4) is 0 Å². The Balaban J connectivity index is 1.18. The largest absolute Gasteiger partial charge is 0.508 e. The summed E-state index contributed by atoms with van der Waals surface area (Å²) >= 11 is -0.448. The molecule has 1 aromatic heterocycles. The average molecular weight is 742 g/mol. The molecule has 2 N–H and O–H groups in total. The molecule has 5 aliphatic rings. The molecule has 3 aromatic carbocycles. The number of nitrogens with zero attached hydrogens (tertiary/aromatic N) is 4. The molecule has 2 atom stereocenters. The molecule has 276 valence electrons. The van der Waals surface area contributed by atoms with Gasteiger partial charge in [0.2, 0.25) is 0 Å². The molecule has 9 rings (SSSR count). The molecule has 2 bridgehead atoms. The number of hydrogen-bond donors (Lipinski definition) is 2. The van der Waals surface area contributed by atoms with Crippen LogP contribution in [0.5, 0.6) is 11.8 Å². The van der Waals surface area contributed by atoms with Crippen molar-refractivity contribution in [2.45, 2.75) is 80.0 Å². The number of phenolic OH excluding ortho intramolecular Hbond substituents is 1. The Kier molecular flexibility index (Phi) is 8.29. The van der Waals surface area contributed by atoms with Gasteiger partial charge in [0.05, 0.1) is 18.8 Å². The summed E-state index contributed by atoms with van der Waals surface area (Å²) in [5.41, 5.74) is -5.32. The predicted octanol–water partition coefficient (Wildman–Crippen LogP) is 7.57. The Morgan fingerprint density at radius 3 is 2.52 bits per heavy atom. The molecule has 4 aromatic rings. The van der Waals surface area contributed by atoms with Crippen LogP contribution in [0.2, 0.25) is 0 Å². The van der Waals surface area contributed by atoms with E-state index in [2.05, 4.69) is 15.2 Å². The third-order valence-corrected chi connectivity index (χ3v) is 12.3. The summed E-state index contributed by atoms with van der Waals surface area (Å²) in [6.07, 6.45) is 6.20. The molecule has 2 aliphatic carbocycles. The van der Waals surface area contributed by atoms with Crippen molar-refractivity contribution in [1.29, 1.82) is 0 Å². The Bertz CT molecular complexity index is 2060. The fraction of sp³-hybridized carbons (Fsp3) is 0.526. The second kappa shape index (κ2) is 12.6. The molecule has 3 saturated heterocycles. The van der Waals surface area contributed by atoms with Gasteiger partial charge >= 0.3 is 11.5 Å². The minimum atomic E-state index is -4.78. The van der Waals surface area contributed by atoms with E-state index in [9.17, 15) is 18.3 Å². The van der Waals surface area contributed by atoms with E-state index in [1.165, 1.54) is 30.3 Å². The average Bonchev–Trinajstić information content (AvgIpc) is 4.01. The summed E-state index contributed by atoms with van der Waals surface area (Å²) < 4.78 is 87.8. The summed E-state index contributed by atoms with van der Waals surface area (Å²) in [6.45, 7) is 6.44. The summed E-state index contributed by atoms with van der Waals surface area (Å²) in [4.78, 5) is 13.4. The Morgan fingerprint density at radius 2 is 1.83 bits per heavy atom. The van der Waals surface area contributed by atoms with Crippen LogP contribution in [0.1, 0.15) is 51.0 Å². The SMILES string of the molecule is CCc1c(F)ccc2cc(O)cc(-c3c(SC(F)(F)F)cc4c(N5CC6CCC(C5)N6)nc(OCC5(CN6CCOC7(CC7)C6)CC5)nc4c3F)c12. The normalized spacial score (nSPS) is 23.5. The Labute approximate surface area is 302 Å². The van der Waals surface area contributed by atoms with E-state index in [0.717, 1.165) is 58.2 Å². The molecule has 2 unspecified atom stereocenters. The lowest BCUT2D eigenvalue weighted by atomic mass is 9.92. The summed E-state index contributed by atoms with van der Waals surface area (Å²) in [5, 5.41) is 15.0. The number of anilines is 1. The van der Waals surface area contributed by atoms with Gasteiger partial charge in [-0.3, -0.25) is 4.90 Å². The monoisotopic (exact) mass is 741 g/mol. The zero-order valence-corrected chi connectivity index (χ0v) is 29.6. The highest BCUT2D eigenvalue weighted by atomic mass is 32.2. The predicted molar refractivity (Wildman–Crippen MR) is 189 cm³/mol. The van der Waals surface area contributed by atoms with Crippen LogP contribution in [0.4, 0.5) is 27.8 Å². The van der Waals surface area contributed by atoms with E-state index in [4.69, 9.17) is 14.5 Å². The second-order valence-corrected chi connectivity index (χ2v) is 16.5. The third-order valence-electron chi connectivity index (χ3n) is 11.5. The van der Waals surface area contributed by atoms with Crippen molar-refractivity contribution in [3.63, 3.8) is 0 Å². The lowest BCUT2D eigenvalue weighted by Crippen LogP contribution is -2.51. The van der Waals surface area contributed by atoms with E-state index in [0.29, 0.717) is 37.5 Å². The number of aryl methyl sites for hydroxylation is 1. The Hall–Kier alpha value is -3.46. The van der Waals surface area contributed by atoms with Crippen LogP contribution in [-0.4, -0.2) is 89.1 Å². The fourth-order valence-corrected chi connectivity index (χ4v) is 9.39. The smallest absolute Gasteiger partial charge is 0.446 e. The van der Waals surface area contributed by atoms with Crippen molar-refractivity contribution in [2.24, 2.45) is 5.41 Å². The van der Waals surface area contributed by atoms with Gasteiger partial charge in [-0.1, -0.05) is 13.0 Å². The van der Waals surface area contributed by atoms with E-state index in [1.54, 1.807) is 6.92 Å². The zero-order valence-electron chi connectivity index (χ0n) is 28.8. The van der Waals surface area contributed by atoms with Gasteiger partial charge in [-0.25, -0.2) is 8.78 Å². The third kappa shape index (κ3) is 6.43. The number of aromatic nitrogens is 2. The number of benzene rings is 3. The van der Waals surface area contributed by atoms with Gasteiger partial charge in [-0.2, -0.15) is 23.1 Å². The van der Waals surface area contributed by atoms with Gasteiger partial charge in [0.25, 0.3) is 0 Å². The minimum absolute atomic E-state index is 0.00270. The van der Waals surface area contributed by atoms with Gasteiger partial charge in [0.1, 0.15) is 22.9 Å². The topological polar surface area (TPSA) is 83.0 Å². The molecule has 4 heterocycles. The number of hydrogen-bond acceptors (Lipinski definition) is 9. The standard InChI is InChI=1S/C38H40F5N5O3S/c1-2-25-28(39)6-3-21-13-24(49)14-26(30(21)25)31-29(52-38(41,42)43)15-27-33(32(31)40)45-35(46-34(27)48-16-22-4-5-23(17-48)44-22)50-20-36(7-8-36)18-47-11-12-51-37(19-47)9-10-37/h3,6,13-15,22-23,44,49H,2,4-5,7-12,16-20H2,1H3. The highest BCUT2D eigenvalue weighted by molar-refractivity contribution is 8.00. The highest BCUT2D eigenvalue weighted by Crippen LogP contribution is 2.51. The van der Waals surface area contributed by atoms with Crippen molar-refractivity contribution in [3.8, 4) is 22.9 Å². The number of rotatable bonds is 9. The van der Waals surface area contributed by atoms with Gasteiger partial charge in [-0.15, -0.1) is 0 Å². The molecule has 5 fully saturated rings. The van der Waals surface area contributed by atoms with Gasteiger partial charge in [-0.05, 0) is 103 Å². The second-order valence-electron chi connectivity index (χ2n) is 15.4. The van der Waals surface area contributed by atoms with Gasteiger partial charge in [0, 0.05) is 66.1 Å². The summed E-state index contributed by atoms with van der Waals surface area (Å²) in [7, 11) is 0. The van der Waals surface area contributed by atoms with Crippen molar-refractivity contribution < 1.29 is 36.5 Å². The molecule has 0 amide bonds. The van der Waals surface area contributed by atoms with Gasteiger partial charge in [0.15, 0.2) is 5.82 Å². The molecule has 1 spiro atoms. The lowest BCUT2D eigenvalue weighted by molar-refractivity contribution is -0.0532. The number of nitrogens with one attached hydrogen (secondary N) is 1.